The van der Waals surface area contributed by atoms with Crippen LogP contribution in [0.25, 0.3) is 0 Å². The van der Waals surface area contributed by atoms with Gasteiger partial charge in [0, 0.05) is 19.3 Å². The Hall–Kier alpha value is -4.22. The van der Waals surface area contributed by atoms with Crippen molar-refractivity contribution in [3.63, 3.8) is 0 Å². The molecule has 2 aromatic carbocycles. The summed E-state index contributed by atoms with van der Waals surface area (Å²) in [4.78, 5) is 54.3. The number of rotatable bonds is 6. The van der Waals surface area contributed by atoms with E-state index in [-0.39, 0.29) is 6.54 Å². The van der Waals surface area contributed by atoms with E-state index in [0.717, 1.165) is 23.1 Å². The molecule has 0 spiro atoms. The highest BCUT2D eigenvalue weighted by Crippen LogP contribution is 2.36. The van der Waals surface area contributed by atoms with Crippen molar-refractivity contribution in [1.82, 2.24) is 15.1 Å². The van der Waals surface area contributed by atoms with Gasteiger partial charge in [-0.1, -0.05) is 12.1 Å². The first-order valence-corrected chi connectivity index (χ1v) is 12.3. The topological polar surface area (TPSA) is 134 Å². The van der Waals surface area contributed by atoms with Crippen molar-refractivity contribution in [1.29, 1.82) is 0 Å². The summed E-state index contributed by atoms with van der Waals surface area (Å²) in [6.07, 6.45) is -0.714. The monoisotopic (exact) mass is 545 g/mol. The average molecular weight is 546 g/mol. The summed E-state index contributed by atoms with van der Waals surface area (Å²) < 4.78 is 33.7. The fourth-order valence-corrected chi connectivity index (χ4v) is 4.08. The summed E-state index contributed by atoms with van der Waals surface area (Å²) in [6, 6.07) is 4.55. The zero-order valence-electron chi connectivity index (χ0n) is 22.7. The molecule has 1 aliphatic rings. The number of hydrogen-bond donors (Lipinski definition) is 3. The molecule has 0 unspecified atom stereocenters. The van der Waals surface area contributed by atoms with Crippen molar-refractivity contribution < 1.29 is 32.7 Å². The quantitative estimate of drug-likeness (QED) is 0.477. The second kappa shape index (κ2) is 11.3. The number of nitrogens with zero attached hydrogens (tertiary/aromatic N) is 2. The number of para-hydroxylation sites is 1. The van der Waals surface area contributed by atoms with Crippen LogP contribution in [0.4, 0.5) is 25.0 Å². The van der Waals surface area contributed by atoms with Gasteiger partial charge < -0.3 is 26.0 Å². The lowest BCUT2D eigenvalue weighted by Gasteiger charge is -2.30. The first-order valence-electron chi connectivity index (χ1n) is 12.3. The van der Waals surface area contributed by atoms with E-state index in [9.17, 15) is 28.0 Å². The van der Waals surface area contributed by atoms with Gasteiger partial charge in [-0.05, 0) is 70.0 Å². The molecular weight excluding hydrogens is 512 g/mol. The number of anilines is 2. The molecule has 0 fully saturated rings. The highest BCUT2D eigenvalue weighted by Gasteiger charge is 2.41. The maximum Gasteiger partial charge on any atom is 0.410 e. The molecule has 0 aliphatic carbocycles. The smallest absolute Gasteiger partial charge is 0.410 e. The number of nitrogens with one attached hydrogen (secondary N) is 2. The Bertz CT molecular complexity index is 1280. The second-order valence-electron chi connectivity index (χ2n) is 10.4. The van der Waals surface area contributed by atoms with Gasteiger partial charge in [-0.25, -0.2) is 13.6 Å². The van der Waals surface area contributed by atoms with Crippen LogP contribution >= 0.6 is 0 Å². The number of likely N-dealkylation sites (N-methyl/N-ethyl adjacent to an activating group) is 1. The van der Waals surface area contributed by atoms with Gasteiger partial charge in [-0.3, -0.25) is 19.3 Å². The number of carbonyl (C=O) groups is 4. The van der Waals surface area contributed by atoms with Crippen LogP contribution in [-0.2, 0) is 25.7 Å². The van der Waals surface area contributed by atoms with E-state index in [0.29, 0.717) is 16.8 Å². The van der Waals surface area contributed by atoms with Crippen LogP contribution in [0.1, 0.15) is 51.8 Å². The van der Waals surface area contributed by atoms with E-state index in [1.165, 1.54) is 25.8 Å². The lowest BCUT2D eigenvalue weighted by atomic mass is 10.0. The van der Waals surface area contributed by atoms with Gasteiger partial charge >= 0.3 is 6.09 Å². The number of fused-ring (bicyclic) bond motifs is 1. The minimum Gasteiger partial charge on any atom is -0.444 e. The fraction of sp³-hybridized carbons (Fsp3) is 0.407. The molecule has 1 aliphatic heterocycles. The van der Waals surface area contributed by atoms with Gasteiger partial charge in [0.1, 0.15) is 41.0 Å². The number of amides is 4. The van der Waals surface area contributed by atoms with Gasteiger partial charge in [-0.2, -0.15) is 0 Å². The molecule has 210 valence electrons. The Balaban J connectivity index is 1.80. The molecule has 4 amide bonds. The summed E-state index contributed by atoms with van der Waals surface area (Å²) in [6.45, 7) is 7.97. The third-order valence-corrected chi connectivity index (χ3v) is 6.23. The summed E-state index contributed by atoms with van der Waals surface area (Å²) in [7, 11) is 1.40. The van der Waals surface area contributed by atoms with Crippen LogP contribution < -0.4 is 16.4 Å². The highest BCUT2D eigenvalue weighted by atomic mass is 19.1. The number of nitrogens with two attached hydrogens (primary N) is 1. The van der Waals surface area contributed by atoms with E-state index in [1.807, 2.05) is 0 Å². The molecule has 3 atom stereocenters. The molecule has 4 N–H and O–H groups in total. The van der Waals surface area contributed by atoms with Gasteiger partial charge in [0.25, 0.3) is 5.91 Å². The number of nitrogen functional groups attached to an aromatic ring is 1. The zero-order chi connectivity index (χ0) is 29.2. The van der Waals surface area contributed by atoms with E-state index in [2.05, 4.69) is 10.6 Å². The van der Waals surface area contributed by atoms with Crippen molar-refractivity contribution in [3.8, 4) is 0 Å². The molecule has 39 heavy (non-hydrogen) atoms. The average Bonchev–Trinajstić information content (AvgIpc) is 3.22. The molecule has 0 saturated carbocycles. The first kappa shape index (κ1) is 29.3. The van der Waals surface area contributed by atoms with Gasteiger partial charge in [-0.15, -0.1) is 0 Å². The minimum atomic E-state index is -1.24. The number of benzene rings is 2. The predicted octanol–water partition coefficient (Wildman–Crippen LogP) is 3.33. The molecule has 0 bridgehead atoms. The summed E-state index contributed by atoms with van der Waals surface area (Å²) in [5, 5.41) is 4.81. The molecule has 12 heteroatoms. The fourth-order valence-electron chi connectivity index (χ4n) is 4.08. The molecule has 0 aromatic heterocycles. The van der Waals surface area contributed by atoms with E-state index in [1.54, 1.807) is 39.0 Å². The molecule has 1 heterocycles. The van der Waals surface area contributed by atoms with Crippen molar-refractivity contribution >= 4 is 35.2 Å². The Morgan fingerprint density at radius 2 is 1.72 bits per heavy atom. The molecule has 0 saturated heterocycles. The van der Waals surface area contributed by atoms with Gasteiger partial charge in [0.05, 0.1) is 0 Å². The number of halogens is 2. The number of ether oxygens (including phenoxy) is 1. The predicted molar refractivity (Wildman–Crippen MR) is 140 cm³/mol. The van der Waals surface area contributed by atoms with Crippen molar-refractivity contribution in [2.75, 3.05) is 18.1 Å². The maximum absolute atomic E-state index is 14.2. The van der Waals surface area contributed by atoms with E-state index >= 15 is 0 Å². The summed E-state index contributed by atoms with van der Waals surface area (Å²) in [5.74, 6) is -4.03. The van der Waals surface area contributed by atoms with Crippen molar-refractivity contribution in [3.05, 3.63) is 59.2 Å². The van der Waals surface area contributed by atoms with Crippen molar-refractivity contribution in [2.24, 2.45) is 0 Å². The normalized spacial score (nSPS) is 16.1. The molecule has 2 aromatic rings. The number of hydrogen-bond acceptors (Lipinski definition) is 6. The lowest BCUT2D eigenvalue weighted by Crippen LogP contribution is -2.53. The zero-order valence-corrected chi connectivity index (χ0v) is 22.7. The van der Waals surface area contributed by atoms with Crippen LogP contribution in [0.3, 0.4) is 0 Å². The molecule has 0 radical (unpaired) electrons. The van der Waals surface area contributed by atoms with E-state index < -0.39 is 64.9 Å². The van der Waals surface area contributed by atoms with Crippen LogP contribution in [0.2, 0.25) is 0 Å². The lowest BCUT2D eigenvalue weighted by molar-refractivity contribution is -0.142. The molecule has 3 rings (SSSR count). The van der Waals surface area contributed by atoms with Crippen LogP contribution in [-0.4, -0.2) is 58.3 Å². The maximum atomic E-state index is 14.2. The van der Waals surface area contributed by atoms with Crippen LogP contribution in [0.15, 0.2) is 36.4 Å². The van der Waals surface area contributed by atoms with Crippen LogP contribution in [0, 0.1) is 11.6 Å². The summed E-state index contributed by atoms with van der Waals surface area (Å²) >= 11 is 0. The van der Waals surface area contributed by atoms with Gasteiger partial charge in [0.15, 0.2) is 0 Å². The molecular formula is C27H33F2N5O5. The highest BCUT2D eigenvalue weighted by molar-refractivity contribution is 6.00. The SMILES string of the molecule is C[C@H](NC(=O)[C@H](C)N(C)C(=O)OC(C)(C)C)C(=O)N1Cc2cc(N)ccc2[C@H]1C(=O)Nc1c(F)cccc1F. The van der Waals surface area contributed by atoms with Crippen LogP contribution in [0.5, 0.6) is 0 Å². The summed E-state index contributed by atoms with van der Waals surface area (Å²) in [5.41, 5.74) is 5.90. The van der Waals surface area contributed by atoms with Gasteiger partial charge in [0.2, 0.25) is 11.8 Å². The minimum absolute atomic E-state index is 0.0232. The van der Waals surface area contributed by atoms with Crippen molar-refractivity contribution in [2.45, 2.75) is 64.9 Å². The Kier molecular flexibility index (Phi) is 8.47. The molecule has 10 nitrogen and oxygen atoms in total. The first-order chi connectivity index (χ1) is 18.1. The number of carbonyl (C=O) groups excluding carboxylic acids is 4. The van der Waals surface area contributed by atoms with E-state index in [4.69, 9.17) is 10.5 Å². The largest absolute Gasteiger partial charge is 0.444 e. The third-order valence-electron chi connectivity index (χ3n) is 6.23. The third kappa shape index (κ3) is 6.62. The Morgan fingerprint density at radius 3 is 2.31 bits per heavy atom. The second-order valence-corrected chi connectivity index (χ2v) is 10.4. The Morgan fingerprint density at radius 1 is 1.10 bits per heavy atom. The standard InChI is InChI=1S/C27H33F2N5O5/c1-14(31-23(35)15(2)33(6)26(38)39-27(3,4)5)25(37)34-13-16-12-17(30)10-11-18(16)22(34)24(36)32-21-19(28)8-7-9-20(21)29/h7-12,14-15,22H,13,30H2,1-6H3,(H,31,35)(H,32,36)/t14-,15-,22-/m0/s1. The Labute approximate surface area is 225 Å².